The first-order valence-corrected chi connectivity index (χ1v) is 6.68. The fraction of sp³-hybridized carbons (Fsp3) is 0.917. The summed E-state index contributed by atoms with van der Waals surface area (Å²) in [5, 5.41) is 0. The first-order valence-electron chi connectivity index (χ1n) is 6.68. The zero-order valence-corrected chi connectivity index (χ0v) is 10.9. The number of piperazine rings is 1. The van der Waals surface area contributed by atoms with Gasteiger partial charge in [0.25, 0.3) is 0 Å². The number of hydrogen-bond acceptors (Lipinski definition) is 2. The van der Waals surface area contributed by atoms with Crippen molar-refractivity contribution in [2.45, 2.75) is 31.1 Å². The van der Waals surface area contributed by atoms with Crippen LogP contribution in [0.3, 0.4) is 0 Å². The summed E-state index contributed by atoms with van der Waals surface area (Å²) >= 11 is 0. The quantitative estimate of drug-likeness (QED) is 0.669. The average Bonchev–Trinajstić information content (AvgIpc) is 2.46. The molecule has 3 saturated heterocycles. The van der Waals surface area contributed by atoms with E-state index in [0.29, 0.717) is 0 Å². The Labute approximate surface area is 110 Å². The molecule has 0 aromatic carbocycles. The van der Waals surface area contributed by atoms with Gasteiger partial charge in [0.1, 0.15) is 0 Å². The summed E-state index contributed by atoms with van der Waals surface area (Å²) in [6.45, 7) is 1.32. The van der Waals surface area contributed by atoms with Crippen LogP contribution in [0.15, 0.2) is 0 Å². The van der Waals surface area contributed by atoms with E-state index in [0.717, 1.165) is 25.9 Å². The van der Waals surface area contributed by atoms with Crippen LogP contribution in [-0.2, 0) is 0 Å². The van der Waals surface area contributed by atoms with E-state index in [1.54, 1.807) is 0 Å². The number of carbonyl (C=O) groups is 1. The maximum Gasteiger partial charge on any atom is 0.395 e. The molecular weight excluding hydrogens is 259 g/mol. The molecule has 4 nitrogen and oxygen atoms in total. The summed E-state index contributed by atoms with van der Waals surface area (Å²) in [6, 6.07) is 0.170. The molecule has 2 amide bonds. The number of halogens is 3. The van der Waals surface area contributed by atoms with E-state index >= 15 is 0 Å². The Kier molecular flexibility index (Phi) is 2.92. The fourth-order valence-corrected chi connectivity index (χ4v) is 3.43. The van der Waals surface area contributed by atoms with Crippen molar-refractivity contribution in [3.05, 3.63) is 0 Å². The molecule has 2 atom stereocenters. The Hall–Kier alpha value is -0.980. The van der Waals surface area contributed by atoms with Crippen LogP contribution in [0.5, 0.6) is 0 Å². The summed E-state index contributed by atoms with van der Waals surface area (Å²) in [6.07, 6.45) is -2.23. The molecule has 0 aromatic heterocycles. The maximum absolute atomic E-state index is 12.4. The van der Waals surface area contributed by atoms with Crippen molar-refractivity contribution >= 4 is 6.03 Å². The Balaban J connectivity index is 1.61. The Morgan fingerprint density at radius 3 is 2.05 bits per heavy atom. The molecule has 0 aliphatic carbocycles. The van der Waals surface area contributed by atoms with Gasteiger partial charge in [0.2, 0.25) is 0 Å². The van der Waals surface area contributed by atoms with Gasteiger partial charge in [0, 0.05) is 38.3 Å². The number of hydrogen-bond donors (Lipinski definition) is 0. The second-order valence-corrected chi connectivity index (χ2v) is 5.94. The molecule has 3 aliphatic heterocycles. The number of likely N-dealkylation sites (N-methyl/N-ethyl adjacent to an activating group) is 1. The van der Waals surface area contributed by atoms with E-state index in [4.69, 9.17) is 0 Å². The lowest BCUT2D eigenvalue weighted by Gasteiger charge is -2.46. The minimum Gasteiger partial charge on any atom is -0.323 e. The van der Waals surface area contributed by atoms with Gasteiger partial charge in [-0.25, -0.2) is 4.79 Å². The van der Waals surface area contributed by atoms with Gasteiger partial charge in [-0.1, -0.05) is 0 Å². The van der Waals surface area contributed by atoms with Gasteiger partial charge in [-0.15, -0.1) is 0 Å². The van der Waals surface area contributed by atoms with E-state index in [1.807, 2.05) is 11.9 Å². The molecule has 3 fully saturated rings. The van der Waals surface area contributed by atoms with E-state index in [9.17, 15) is 18.0 Å². The van der Waals surface area contributed by atoms with Gasteiger partial charge in [-0.3, -0.25) is 0 Å². The highest BCUT2D eigenvalue weighted by molar-refractivity contribution is 5.76. The van der Waals surface area contributed by atoms with Gasteiger partial charge in [-0.05, 0) is 19.9 Å². The molecule has 0 N–H and O–H groups in total. The van der Waals surface area contributed by atoms with Crippen molar-refractivity contribution in [2.24, 2.45) is 5.92 Å². The van der Waals surface area contributed by atoms with Gasteiger partial charge in [0.05, 0.1) is 5.92 Å². The van der Waals surface area contributed by atoms with Crippen molar-refractivity contribution in [1.82, 2.24) is 14.7 Å². The molecule has 3 aliphatic rings. The van der Waals surface area contributed by atoms with Crippen LogP contribution in [0.25, 0.3) is 0 Å². The minimum atomic E-state index is -4.17. The van der Waals surface area contributed by atoms with Crippen LogP contribution in [0.1, 0.15) is 12.8 Å². The SMILES string of the molecule is CN1CC2CCC(C1)N2C(=O)N1CC(C(F)(F)F)C1. The van der Waals surface area contributed by atoms with Gasteiger partial charge < -0.3 is 14.7 Å². The number of fused-ring (bicyclic) bond motifs is 2. The number of likely N-dealkylation sites (tertiary alicyclic amines) is 2. The molecule has 2 unspecified atom stereocenters. The van der Waals surface area contributed by atoms with Crippen molar-refractivity contribution in [3.8, 4) is 0 Å². The zero-order valence-electron chi connectivity index (χ0n) is 10.9. The number of rotatable bonds is 0. The third kappa shape index (κ3) is 2.17. The van der Waals surface area contributed by atoms with Crippen molar-refractivity contribution in [3.63, 3.8) is 0 Å². The second kappa shape index (κ2) is 4.26. The van der Waals surface area contributed by atoms with Crippen molar-refractivity contribution < 1.29 is 18.0 Å². The molecule has 0 aromatic rings. The smallest absolute Gasteiger partial charge is 0.323 e. The molecule has 0 saturated carbocycles. The number of alkyl halides is 3. The third-order valence-corrected chi connectivity index (χ3v) is 4.50. The van der Waals surface area contributed by atoms with Crippen LogP contribution in [0, 0.1) is 5.92 Å². The first kappa shape index (κ1) is 13.0. The Bertz CT molecular complexity index is 367. The largest absolute Gasteiger partial charge is 0.395 e. The van der Waals surface area contributed by atoms with Crippen LogP contribution < -0.4 is 0 Å². The monoisotopic (exact) mass is 277 g/mol. The lowest BCUT2D eigenvalue weighted by atomic mass is 10.00. The van der Waals surface area contributed by atoms with Crippen molar-refractivity contribution in [2.75, 3.05) is 33.2 Å². The Morgan fingerprint density at radius 2 is 1.58 bits per heavy atom. The fourth-order valence-electron chi connectivity index (χ4n) is 3.43. The minimum absolute atomic E-state index is 0.173. The number of urea groups is 1. The van der Waals surface area contributed by atoms with Crippen LogP contribution in [0.2, 0.25) is 0 Å². The maximum atomic E-state index is 12.4. The molecule has 3 heterocycles. The van der Waals surface area contributed by atoms with Crippen molar-refractivity contribution in [1.29, 1.82) is 0 Å². The Morgan fingerprint density at radius 1 is 1.05 bits per heavy atom. The highest BCUT2D eigenvalue weighted by Gasteiger charge is 2.51. The molecule has 0 spiro atoms. The molecule has 19 heavy (non-hydrogen) atoms. The second-order valence-electron chi connectivity index (χ2n) is 5.94. The summed E-state index contributed by atoms with van der Waals surface area (Å²) in [5.41, 5.74) is 0. The number of amides is 2. The lowest BCUT2D eigenvalue weighted by molar-refractivity contribution is -0.203. The summed E-state index contributed by atoms with van der Waals surface area (Å²) in [4.78, 5) is 17.6. The summed E-state index contributed by atoms with van der Waals surface area (Å²) in [5.74, 6) is -1.33. The zero-order chi connectivity index (χ0) is 13.8. The van der Waals surface area contributed by atoms with Gasteiger partial charge in [-0.2, -0.15) is 13.2 Å². The number of carbonyl (C=O) groups excluding carboxylic acids is 1. The normalized spacial score (nSPS) is 32.6. The predicted octanol–water partition coefficient (Wildman–Crippen LogP) is 1.38. The summed E-state index contributed by atoms with van der Waals surface area (Å²) < 4.78 is 37.3. The lowest BCUT2D eigenvalue weighted by Crippen LogP contribution is -2.63. The topological polar surface area (TPSA) is 26.8 Å². The molecule has 0 radical (unpaired) electrons. The predicted molar refractivity (Wildman–Crippen MR) is 62.7 cm³/mol. The van der Waals surface area contributed by atoms with Crippen LogP contribution in [-0.4, -0.2) is 72.2 Å². The summed E-state index contributed by atoms with van der Waals surface area (Å²) in [7, 11) is 2.02. The molecule has 2 bridgehead atoms. The molecule has 108 valence electrons. The first-order chi connectivity index (χ1) is 8.86. The molecule has 3 rings (SSSR count). The van der Waals surface area contributed by atoms with Gasteiger partial charge >= 0.3 is 12.2 Å². The molecule has 7 heteroatoms. The standard InChI is InChI=1S/C12H18F3N3O/c1-16-6-9-2-3-10(7-16)18(9)11(19)17-4-8(5-17)12(13,14)15/h8-10H,2-7H2,1H3. The van der Waals surface area contributed by atoms with E-state index < -0.39 is 12.1 Å². The van der Waals surface area contributed by atoms with Gasteiger partial charge in [0.15, 0.2) is 0 Å². The van der Waals surface area contributed by atoms with E-state index in [-0.39, 0.29) is 31.2 Å². The van der Waals surface area contributed by atoms with Crippen LogP contribution >= 0.6 is 0 Å². The van der Waals surface area contributed by atoms with E-state index in [2.05, 4.69) is 4.90 Å². The highest BCUT2D eigenvalue weighted by atomic mass is 19.4. The molecular formula is C12H18F3N3O. The number of nitrogens with zero attached hydrogens (tertiary/aromatic N) is 3. The highest BCUT2D eigenvalue weighted by Crippen LogP contribution is 2.36. The van der Waals surface area contributed by atoms with E-state index in [1.165, 1.54) is 4.90 Å². The third-order valence-electron chi connectivity index (χ3n) is 4.50. The van der Waals surface area contributed by atoms with Crippen LogP contribution in [0.4, 0.5) is 18.0 Å². The average molecular weight is 277 g/mol.